The van der Waals surface area contributed by atoms with Gasteiger partial charge in [-0.1, -0.05) is 18.2 Å². The van der Waals surface area contributed by atoms with E-state index < -0.39 is 6.04 Å². The predicted molar refractivity (Wildman–Crippen MR) is 69.4 cm³/mol. The maximum Gasteiger partial charge on any atom is 0.239 e. The Hall–Kier alpha value is -1.59. The number of rotatable bonds is 7. The minimum atomic E-state index is -0.640. The number of benzene rings is 1. The Morgan fingerprint density at radius 1 is 1.39 bits per heavy atom. The fraction of sp³-hybridized carbons (Fsp3) is 0.462. The van der Waals surface area contributed by atoms with Crippen LogP contribution in [0.15, 0.2) is 30.3 Å². The van der Waals surface area contributed by atoms with Gasteiger partial charge < -0.3 is 20.5 Å². The summed E-state index contributed by atoms with van der Waals surface area (Å²) >= 11 is 0. The van der Waals surface area contributed by atoms with Crippen molar-refractivity contribution in [1.29, 1.82) is 0 Å². The first-order valence-electron chi connectivity index (χ1n) is 5.87. The number of ether oxygens (including phenoxy) is 2. The molecule has 1 amide bonds. The molecule has 1 aromatic carbocycles. The average Bonchev–Trinajstić information content (AvgIpc) is 2.37. The summed E-state index contributed by atoms with van der Waals surface area (Å²) in [5.74, 6) is 0.542. The summed E-state index contributed by atoms with van der Waals surface area (Å²) in [6.07, 6.45) is -0.119. The third-order valence-electron chi connectivity index (χ3n) is 2.33. The van der Waals surface area contributed by atoms with Gasteiger partial charge in [0.05, 0.1) is 13.2 Å². The molecule has 0 aliphatic rings. The maximum atomic E-state index is 11.5. The van der Waals surface area contributed by atoms with Crippen molar-refractivity contribution in [2.24, 2.45) is 5.73 Å². The van der Waals surface area contributed by atoms with Crippen LogP contribution in [0.5, 0.6) is 5.75 Å². The molecule has 0 bridgehead atoms. The van der Waals surface area contributed by atoms with Crippen LogP contribution in [0.2, 0.25) is 0 Å². The van der Waals surface area contributed by atoms with E-state index in [1.54, 1.807) is 0 Å². The van der Waals surface area contributed by atoms with Crippen LogP contribution in [-0.2, 0) is 9.53 Å². The van der Waals surface area contributed by atoms with Crippen molar-refractivity contribution in [3.05, 3.63) is 30.3 Å². The van der Waals surface area contributed by atoms with Gasteiger partial charge in [-0.2, -0.15) is 0 Å². The minimum Gasteiger partial charge on any atom is -0.489 e. The molecule has 0 fully saturated rings. The van der Waals surface area contributed by atoms with Gasteiger partial charge in [-0.3, -0.25) is 4.79 Å². The highest BCUT2D eigenvalue weighted by molar-refractivity contribution is 5.81. The number of carbonyl (C=O) groups excluding carboxylic acids is 1. The lowest BCUT2D eigenvalue weighted by Gasteiger charge is -2.17. The van der Waals surface area contributed by atoms with Gasteiger partial charge in [-0.05, 0) is 19.1 Å². The summed E-state index contributed by atoms with van der Waals surface area (Å²) in [6.45, 7) is 2.50. The molecule has 0 saturated heterocycles. The first kappa shape index (κ1) is 14.5. The van der Waals surface area contributed by atoms with Crippen molar-refractivity contribution >= 4 is 5.91 Å². The molecule has 18 heavy (non-hydrogen) atoms. The van der Waals surface area contributed by atoms with Gasteiger partial charge in [0, 0.05) is 7.11 Å². The van der Waals surface area contributed by atoms with Crippen LogP contribution in [0.25, 0.3) is 0 Å². The van der Waals surface area contributed by atoms with Gasteiger partial charge in [0.1, 0.15) is 17.9 Å². The van der Waals surface area contributed by atoms with Crippen molar-refractivity contribution in [3.8, 4) is 5.75 Å². The van der Waals surface area contributed by atoms with Crippen LogP contribution >= 0.6 is 0 Å². The molecular weight excluding hydrogens is 232 g/mol. The molecular formula is C13H20N2O3. The Kier molecular flexibility index (Phi) is 6.18. The smallest absolute Gasteiger partial charge is 0.239 e. The Morgan fingerprint density at radius 3 is 2.67 bits per heavy atom. The first-order valence-corrected chi connectivity index (χ1v) is 5.87. The molecule has 5 heteroatoms. The topological polar surface area (TPSA) is 73.6 Å². The normalized spacial score (nSPS) is 13.7. The molecule has 2 atom stereocenters. The number of carbonyl (C=O) groups is 1. The lowest BCUT2D eigenvalue weighted by atomic mass is 10.3. The highest BCUT2D eigenvalue weighted by atomic mass is 16.5. The standard InChI is InChI=1S/C13H20N2O3/c1-10(18-11-6-4-3-5-7-11)8-15-13(16)12(14)9-17-2/h3-7,10,12H,8-9,14H2,1-2H3,(H,15,16). The van der Waals surface area contributed by atoms with E-state index in [0.717, 1.165) is 5.75 Å². The summed E-state index contributed by atoms with van der Waals surface area (Å²) in [6, 6.07) is 8.82. The summed E-state index contributed by atoms with van der Waals surface area (Å²) in [4.78, 5) is 11.5. The lowest BCUT2D eigenvalue weighted by molar-refractivity contribution is -0.123. The molecule has 2 unspecified atom stereocenters. The number of hydrogen-bond donors (Lipinski definition) is 2. The molecule has 0 spiro atoms. The number of nitrogens with one attached hydrogen (secondary N) is 1. The van der Waals surface area contributed by atoms with E-state index in [1.807, 2.05) is 37.3 Å². The van der Waals surface area contributed by atoms with Crippen molar-refractivity contribution < 1.29 is 14.3 Å². The summed E-state index contributed by atoms with van der Waals surface area (Å²) in [5.41, 5.74) is 5.59. The van der Waals surface area contributed by atoms with Gasteiger partial charge in [-0.25, -0.2) is 0 Å². The zero-order valence-electron chi connectivity index (χ0n) is 10.8. The number of para-hydroxylation sites is 1. The van der Waals surface area contributed by atoms with Gasteiger partial charge in [0.2, 0.25) is 5.91 Å². The maximum absolute atomic E-state index is 11.5. The zero-order valence-corrected chi connectivity index (χ0v) is 10.8. The van der Waals surface area contributed by atoms with Crippen molar-refractivity contribution in [3.63, 3.8) is 0 Å². The average molecular weight is 252 g/mol. The summed E-state index contributed by atoms with van der Waals surface area (Å²) in [5, 5.41) is 2.72. The lowest BCUT2D eigenvalue weighted by Crippen LogP contribution is -2.46. The van der Waals surface area contributed by atoms with E-state index >= 15 is 0 Å². The highest BCUT2D eigenvalue weighted by Gasteiger charge is 2.14. The van der Waals surface area contributed by atoms with E-state index in [-0.39, 0.29) is 18.6 Å². The molecule has 0 aliphatic heterocycles. The Morgan fingerprint density at radius 2 is 2.06 bits per heavy atom. The molecule has 100 valence electrons. The summed E-state index contributed by atoms with van der Waals surface area (Å²) in [7, 11) is 1.51. The third-order valence-corrected chi connectivity index (χ3v) is 2.33. The van der Waals surface area contributed by atoms with E-state index in [4.69, 9.17) is 15.2 Å². The fourth-order valence-electron chi connectivity index (χ4n) is 1.40. The largest absolute Gasteiger partial charge is 0.489 e. The van der Waals surface area contributed by atoms with Crippen molar-refractivity contribution in [2.45, 2.75) is 19.1 Å². The zero-order chi connectivity index (χ0) is 13.4. The second-order valence-electron chi connectivity index (χ2n) is 4.05. The van der Waals surface area contributed by atoms with E-state index in [0.29, 0.717) is 6.54 Å². The van der Waals surface area contributed by atoms with Crippen LogP contribution < -0.4 is 15.8 Å². The van der Waals surface area contributed by atoms with Crippen LogP contribution in [0.4, 0.5) is 0 Å². The summed E-state index contributed by atoms with van der Waals surface area (Å²) < 4.78 is 10.4. The quantitative estimate of drug-likeness (QED) is 0.743. The molecule has 1 rings (SSSR count). The SMILES string of the molecule is COCC(N)C(=O)NCC(C)Oc1ccccc1. The Bertz CT molecular complexity index is 357. The van der Waals surface area contributed by atoms with E-state index in [9.17, 15) is 4.79 Å². The van der Waals surface area contributed by atoms with Gasteiger partial charge in [0.15, 0.2) is 0 Å². The second kappa shape index (κ2) is 7.68. The van der Waals surface area contributed by atoms with Crippen LogP contribution in [0.3, 0.4) is 0 Å². The first-order chi connectivity index (χ1) is 8.63. The molecule has 3 N–H and O–H groups in total. The third kappa shape index (κ3) is 5.16. The second-order valence-corrected chi connectivity index (χ2v) is 4.05. The molecule has 0 radical (unpaired) electrons. The molecule has 0 heterocycles. The molecule has 1 aromatic rings. The van der Waals surface area contributed by atoms with Crippen molar-refractivity contribution in [2.75, 3.05) is 20.3 Å². The molecule has 5 nitrogen and oxygen atoms in total. The monoisotopic (exact) mass is 252 g/mol. The molecule has 0 aliphatic carbocycles. The van der Waals surface area contributed by atoms with Crippen LogP contribution in [0, 0.1) is 0 Å². The number of hydrogen-bond acceptors (Lipinski definition) is 4. The van der Waals surface area contributed by atoms with Crippen LogP contribution in [-0.4, -0.2) is 38.3 Å². The van der Waals surface area contributed by atoms with Gasteiger partial charge in [-0.15, -0.1) is 0 Å². The van der Waals surface area contributed by atoms with Gasteiger partial charge in [0.25, 0.3) is 0 Å². The predicted octanol–water partition coefficient (Wildman–Crippen LogP) is 0.544. The van der Waals surface area contributed by atoms with E-state index in [1.165, 1.54) is 7.11 Å². The Balaban J connectivity index is 2.29. The fourth-order valence-corrected chi connectivity index (χ4v) is 1.40. The van der Waals surface area contributed by atoms with E-state index in [2.05, 4.69) is 5.32 Å². The Labute approximate surface area is 107 Å². The van der Waals surface area contributed by atoms with Crippen LogP contribution in [0.1, 0.15) is 6.92 Å². The van der Waals surface area contributed by atoms with Crippen molar-refractivity contribution in [1.82, 2.24) is 5.32 Å². The minimum absolute atomic E-state index is 0.119. The van der Waals surface area contributed by atoms with Gasteiger partial charge >= 0.3 is 0 Å². The molecule has 0 aromatic heterocycles. The number of methoxy groups -OCH3 is 1. The highest BCUT2D eigenvalue weighted by Crippen LogP contribution is 2.10. The number of nitrogens with two attached hydrogens (primary N) is 1. The number of amides is 1. The molecule has 0 saturated carbocycles.